The number of piperidine rings is 2. The smallest absolute Gasteiger partial charge is 0.0991 e. The maximum atomic E-state index is 9.34. The van der Waals surface area contributed by atoms with Crippen LogP contribution in [0.1, 0.15) is 24.0 Å². The Balaban J connectivity index is 1.06. The van der Waals surface area contributed by atoms with Gasteiger partial charge >= 0.3 is 0 Å². The minimum absolute atomic E-state index is 0.184. The molecule has 1 aromatic rings. The lowest BCUT2D eigenvalue weighted by Crippen LogP contribution is -2.45. The van der Waals surface area contributed by atoms with Gasteiger partial charge in [0, 0.05) is 68.9 Å². The lowest BCUT2D eigenvalue weighted by atomic mass is 9.80. The number of rotatable bonds is 7. The third-order valence-corrected chi connectivity index (χ3v) is 8.04. The number of fused-ring (bicyclic) bond motifs is 3. The predicted octanol–water partition coefficient (Wildman–Crippen LogP) is 1.79. The van der Waals surface area contributed by atoms with Gasteiger partial charge in [-0.05, 0) is 42.2 Å². The normalized spacial score (nSPS) is 33.3. The zero-order valence-electron chi connectivity index (χ0n) is 19.8. The molecule has 4 aliphatic heterocycles. The van der Waals surface area contributed by atoms with E-state index in [9.17, 15) is 5.26 Å². The van der Waals surface area contributed by atoms with Gasteiger partial charge in [0.1, 0.15) is 0 Å². The van der Waals surface area contributed by atoms with E-state index in [0.29, 0.717) is 37.3 Å². The summed E-state index contributed by atoms with van der Waals surface area (Å²) in [6.07, 6.45) is 7.28. The number of nitrogens with one attached hydrogen (secondary N) is 2. The molecule has 0 aromatic heterocycles. The minimum atomic E-state index is 0.184. The fourth-order valence-corrected chi connectivity index (χ4v) is 6.05. The van der Waals surface area contributed by atoms with E-state index in [0.717, 1.165) is 56.8 Å². The molecule has 7 heteroatoms. The van der Waals surface area contributed by atoms with E-state index in [4.69, 9.17) is 9.47 Å². The summed E-state index contributed by atoms with van der Waals surface area (Å²) in [6.45, 7) is 8.49. The average molecular weight is 462 g/mol. The lowest BCUT2D eigenvalue weighted by Gasteiger charge is -2.36. The number of ether oxygens (including phenoxy) is 2. The Hall–Kier alpha value is -2.21. The van der Waals surface area contributed by atoms with Crippen LogP contribution in [0.4, 0.5) is 0 Å². The highest BCUT2D eigenvalue weighted by Gasteiger charge is 2.52. The molecule has 5 atom stereocenters. The molecule has 4 saturated heterocycles. The third kappa shape index (κ3) is 4.79. The van der Waals surface area contributed by atoms with Crippen molar-refractivity contribution in [1.82, 2.24) is 20.4 Å². The summed E-state index contributed by atoms with van der Waals surface area (Å²) in [5.41, 5.74) is 4.54. The Labute approximate surface area is 202 Å². The molecule has 0 radical (unpaired) electrons. The molecule has 0 amide bonds. The number of benzene rings is 1. The number of hydrogen-bond donors (Lipinski definition) is 2. The molecule has 0 bridgehead atoms. The van der Waals surface area contributed by atoms with Gasteiger partial charge < -0.3 is 20.1 Å². The van der Waals surface area contributed by atoms with Gasteiger partial charge in [0.25, 0.3) is 0 Å². The summed E-state index contributed by atoms with van der Waals surface area (Å²) in [4.78, 5) is 5.02. The summed E-state index contributed by atoms with van der Waals surface area (Å²) >= 11 is 0. The molecule has 7 nitrogen and oxygen atoms in total. The highest BCUT2D eigenvalue weighted by molar-refractivity contribution is 5.77. The van der Waals surface area contributed by atoms with Gasteiger partial charge in [-0.1, -0.05) is 18.2 Å². The number of nitriles is 1. The molecule has 4 fully saturated rings. The molecule has 5 aliphatic rings. The molecule has 6 rings (SSSR count). The molecule has 1 aliphatic carbocycles. The van der Waals surface area contributed by atoms with Crippen molar-refractivity contribution in [3.63, 3.8) is 0 Å². The van der Waals surface area contributed by atoms with Crippen LogP contribution in [0.2, 0.25) is 0 Å². The summed E-state index contributed by atoms with van der Waals surface area (Å²) < 4.78 is 11.7. The van der Waals surface area contributed by atoms with E-state index >= 15 is 0 Å². The van der Waals surface area contributed by atoms with Gasteiger partial charge in [0.2, 0.25) is 0 Å². The first-order valence-corrected chi connectivity index (χ1v) is 12.8. The van der Waals surface area contributed by atoms with Gasteiger partial charge in [-0.15, -0.1) is 0 Å². The summed E-state index contributed by atoms with van der Waals surface area (Å²) in [6, 6.07) is 11.5. The predicted molar refractivity (Wildman–Crippen MR) is 131 cm³/mol. The Bertz CT molecular complexity index is 987. The van der Waals surface area contributed by atoms with E-state index in [1.165, 1.54) is 24.4 Å². The summed E-state index contributed by atoms with van der Waals surface area (Å²) in [5, 5.41) is 16.7. The van der Waals surface area contributed by atoms with E-state index in [1.54, 1.807) is 0 Å². The number of morpholine rings is 1. The van der Waals surface area contributed by atoms with Gasteiger partial charge in [0.15, 0.2) is 0 Å². The molecule has 34 heavy (non-hydrogen) atoms. The molecule has 2 N–H and O–H groups in total. The highest BCUT2D eigenvalue weighted by Crippen LogP contribution is 2.47. The topological polar surface area (TPSA) is 72.6 Å². The van der Waals surface area contributed by atoms with Crippen molar-refractivity contribution in [3.05, 3.63) is 53.2 Å². The van der Waals surface area contributed by atoms with Gasteiger partial charge in [-0.25, -0.2) is 0 Å². The molecular formula is C27H35N5O2. The Morgan fingerprint density at radius 1 is 1.24 bits per heavy atom. The number of nitrogens with zero attached hydrogens (tertiary/aromatic N) is 3. The van der Waals surface area contributed by atoms with Crippen LogP contribution in [0.5, 0.6) is 0 Å². The second kappa shape index (κ2) is 9.80. The van der Waals surface area contributed by atoms with Crippen LogP contribution in [0.3, 0.4) is 0 Å². The second-order valence-corrected chi connectivity index (χ2v) is 10.4. The first-order chi connectivity index (χ1) is 16.8. The summed E-state index contributed by atoms with van der Waals surface area (Å²) in [5.74, 6) is 1.16. The zero-order chi connectivity index (χ0) is 22.9. The molecule has 0 saturated carbocycles. The molecule has 1 aromatic carbocycles. The van der Waals surface area contributed by atoms with Crippen molar-refractivity contribution in [2.75, 3.05) is 59.2 Å². The Kier molecular flexibility index (Phi) is 6.42. The van der Waals surface area contributed by atoms with Crippen molar-refractivity contribution in [1.29, 1.82) is 5.26 Å². The zero-order valence-corrected chi connectivity index (χ0v) is 19.8. The van der Waals surface area contributed by atoms with Crippen molar-refractivity contribution < 1.29 is 9.47 Å². The fraction of sp³-hybridized carbons (Fsp3) is 0.593. The van der Waals surface area contributed by atoms with E-state index in [-0.39, 0.29) is 6.10 Å². The average Bonchev–Trinajstić information content (AvgIpc) is 3.57. The highest BCUT2D eigenvalue weighted by atomic mass is 16.5. The van der Waals surface area contributed by atoms with E-state index in [1.807, 2.05) is 18.2 Å². The SMILES string of the molecule is N#Cc1cccc(C2=CC3C(CN4CC34)C(NC3CCN(COCC4CNCCO4)CC3)=C2)c1. The largest absolute Gasteiger partial charge is 0.385 e. The molecule has 4 heterocycles. The standard InChI is InChI=1S/C27H35N5O2/c28-13-19-2-1-3-20(10-19)21-11-24-25(15-32-16-27(24)32)26(12-21)30-22-4-7-31(8-5-22)18-33-17-23-14-29-6-9-34-23/h1-3,10-12,22-25,27,29-30H,4-9,14-18H2. The number of hydrogen-bond acceptors (Lipinski definition) is 7. The lowest BCUT2D eigenvalue weighted by molar-refractivity contribution is -0.0613. The van der Waals surface area contributed by atoms with Crippen LogP contribution >= 0.6 is 0 Å². The Morgan fingerprint density at radius 2 is 2.15 bits per heavy atom. The van der Waals surface area contributed by atoms with Crippen LogP contribution in [0.25, 0.3) is 5.57 Å². The van der Waals surface area contributed by atoms with Crippen molar-refractivity contribution in [2.45, 2.75) is 31.0 Å². The van der Waals surface area contributed by atoms with Crippen molar-refractivity contribution in [3.8, 4) is 6.07 Å². The van der Waals surface area contributed by atoms with E-state index in [2.05, 4.69) is 44.7 Å². The molecule has 5 unspecified atom stereocenters. The maximum Gasteiger partial charge on any atom is 0.0991 e. The third-order valence-electron chi connectivity index (χ3n) is 8.04. The maximum absolute atomic E-state index is 9.34. The van der Waals surface area contributed by atoms with Crippen LogP contribution in [0.15, 0.2) is 42.1 Å². The molecule has 180 valence electrons. The van der Waals surface area contributed by atoms with Crippen LogP contribution < -0.4 is 10.6 Å². The van der Waals surface area contributed by atoms with Crippen LogP contribution in [-0.2, 0) is 9.47 Å². The Morgan fingerprint density at radius 3 is 2.97 bits per heavy atom. The van der Waals surface area contributed by atoms with Gasteiger partial charge in [0.05, 0.1) is 37.7 Å². The number of likely N-dealkylation sites (tertiary alicyclic amines) is 1. The minimum Gasteiger partial charge on any atom is -0.385 e. The molecular weight excluding hydrogens is 426 g/mol. The van der Waals surface area contributed by atoms with Crippen molar-refractivity contribution in [2.24, 2.45) is 11.8 Å². The number of allylic oxidation sites excluding steroid dienone is 2. The van der Waals surface area contributed by atoms with E-state index < -0.39 is 0 Å². The first-order valence-electron chi connectivity index (χ1n) is 12.8. The summed E-state index contributed by atoms with van der Waals surface area (Å²) in [7, 11) is 0. The quantitative estimate of drug-likeness (QED) is 0.600. The molecule has 0 spiro atoms. The first kappa shape index (κ1) is 22.3. The fourth-order valence-electron chi connectivity index (χ4n) is 6.05. The van der Waals surface area contributed by atoms with Crippen LogP contribution in [-0.4, -0.2) is 87.2 Å². The van der Waals surface area contributed by atoms with Crippen LogP contribution in [0, 0.1) is 23.2 Å². The van der Waals surface area contributed by atoms with Gasteiger partial charge in [-0.2, -0.15) is 5.26 Å². The van der Waals surface area contributed by atoms with Crippen molar-refractivity contribution >= 4 is 5.57 Å². The monoisotopic (exact) mass is 461 g/mol. The van der Waals surface area contributed by atoms with Gasteiger partial charge in [-0.3, -0.25) is 9.80 Å². The second-order valence-electron chi connectivity index (χ2n) is 10.4.